The Morgan fingerprint density at radius 3 is 2.20 bits per heavy atom. The second-order valence-electron chi connectivity index (χ2n) is 3.97. The quantitative estimate of drug-likeness (QED) is 0.329. The first-order chi connectivity index (χ1) is 9.86. The van der Waals surface area contributed by atoms with Crippen molar-refractivity contribution in [2.75, 3.05) is 52.2 Å². The van der Waals surface area contributed by atoms with E-state index in [9.17, 15) is 0 Å². The second-order valence-corrected chi connectivity index (χ2v) is 3.97. The minimum absolute atomic E-state index is 0.506. The Hall–Kier alpha value is -1.25. The van der Waals surface area contributed by atoms with E-state index < -0.39 is 0 Å². The maximum Gasteiger partial charge on any atom is 0.139 e. The maximum absolute atomic E-state index is 5.46. The molecular formula is C13H23N3O4. The molecule has 0 aliphatic rings. The van der Waals surface area contributed by atoms with Crippen LogP contribution >= 0.6 is 0 Å². The Kier molecular flexibility index (Phi) is 9.72. The number of hydrazine groups is 1. The number of hydrogen-bond donors (Lipinski definition) is 2. The molecule has 0 saturated heterocycles. The van der Waals surface area contributed by atoms with Gasteiger partial charge >= 0.3 is 0 Å². The highest BCUT2D eigenvalue weighted by atomic mass is 16.6. The summed E-state index contributed by atoms with van der Waals surface area (Å²) in [6.45, 7) is 3.92. The molecular weight excluding hydrogens is 262 g/mol. The number of anilines is 1. The summed E-state index contributed by atoms with van der Waals surface area (Å²) in [7, 11) is 1.65. The van der Waals surface area contributed by atoms with Gasteiger partial charge < -0.3 is 24.4 Å². The first kappa shape index (κ1) is 16.8. The molecule has 0 aliphatic heterocycles. The van der Waals surface area contributed by atoms with Crippen LogP contribution in [0, 0.1) is 0 Å². The molecule has 1 aromatic heterocycles. The van der Waals surface area contributed by atoms with Crippen LogP contribution in [0.25, 0.3) is 0 Å². The Bertz CT molecular complexity index is 335. The molecule has 0 radical (unpaired) electrons. The first-order valence-corrected chi connectivity index (χ1v) is 6.50. The minimum Gasteiger partial charge on any atom is -0.382 e. The van der Waals surface area contributed by atoms with E-state index in [2.05, 4.69) is 10.4 Å². The van der Waals surface area contributed by atoms with E-state index in [1.165, 1.54) is 0 Å². The average Bonchev–Trinajstić information content (AvgIpc) is 2.50. The Morgan fingerprint density at radius 2 is 1.65 bits per heavy atom. The van der Waals surface area contributed by atoms with Gasteiger partial charge in [-0.3, -0.25) is 0 Å². The molecule has 0 fully saturated rings. The van der Waals surface area contributed by atoms with Crippen molar-refractivity contribution in [3.8, 4) is 0 Å². The number of methoxy groups -OCH3 is 1. The smallest absolute Gasteiger partial charge is 0.139 e. The highest BCUT2D eigenvalue weighted by Crippen LogP contribution is 2.04. The summed E-state index contributed by atoms with van der Waals surface area (Å²) in [6.07, 6.45) is 1.72. The van der Waals surface area contributed by atoms with E-state index >= 15 is 0 Å². The molecule has 114 valence electrons. The van der Waals surface area contributed by atoms with Crippen molar-refractivity contribution in [1.82, 2.24) is 4.98 Å². The number of rotatable bonds is 12. The predicted octanol–water partition coefficient (Wildman–Crippen LogP) is 0.563. The summed E-state index contributed by atoms with van der Waals surface area (Å²) < 4.78 is 20.9. The summed E-state index contributed by atoms with van der Waals surface area (Å²) in [6, 6.07) is 3.71. The molecule has 20 heavy (non-hydrogen) atoms. The molecule has 7 nitrogen and oxygen atoms in total. The highest BCUT2D eigenvalue weighted by molar-refractivity contribution is 5.33. The molecule has 0 unspecified atom stereocenters. The van der Waals surface area contributed by atoms with Crippen LogP contribution in [-0.2, 0) is 25.6 Å². The van der Waals surface area contributed by atoms with Gasteiger partial charge in [-0.2, -0.15) is 0 Å². The van der Waals surface area contributed by atoms with Crippen molar-refractivity contribution in [3.05, 3.63) is 23.9 Å². The Labute approximate surface area is 119 Å². The van der Waals surface area contributed by atoms with E-state index in [1.807, 2.05) is 6.07 Å². The molecule has 0 aliphatic carbocycles. The first-order valence-electron chi connectivity index (χ1n) is 6.50. The van der Waals surface area contributed by atoms with Crippen LogP contribution in [-0.4, -0.2) is 51.7 Å². The number of ether oxygens (including phenoxy) is 4. The molecule has 1 aromatic rings. The van der Waals surface area contributed by atoms with Gasteiger partial charge in [0.2, 0.25) is 0 Å². The maximum atomic E-state index is 5.46. The van der Waals surface area contributed by atoms with Gasteiger partial charge in [0.25, 0.3) is 0 Å². The van der Waals surface area contributed by atoms with E-state index in [4.69, 9.17) is 24.8 Å². The van der Waals surface area contributed by atoms with Crippen molar-refractivity contribution in [1.29, 1.82) is 0 Å². The number of nitrogens with zero attached hydrogens (tertiary/aromatic N) is 1. The van der Waals surface area contributed by atoms with E-state index in [0.29, 0.717) is 52.1 Å². The van der Waals surface area contributed by atoms with Crippen molar-refractivity contribution < 1.29 is 18.9 Å². The van der Waals surface area contributed by atoms with E-state index in [0.717, 1.165) is 5.56 Å². The third-order valence-corrected chi connectivity index (χ3v) is 2.42. The van der Waals surface area contributed by atoms with Crippen LogP contribution in [0.3, 0.4) is 0 Å². The van der Waals surface area contributed by atoms with E-state index in [1.54, 1.807) is 19.4 Å². The molecule has 0 spiro atoms. The van der Waals surface area contributed by atoms with Gasteiger partial charge in [0.15, 0.2) is 0 Å². The van der Waals surface area contributed by atoms with Crippen molar-refractivity contribution in [3.63, 3.8) is 0 Å². The van der Waals surface area contributed by atoms with Crippen LogP contribution in [0.5, 0.6) is 0 Å². The fourth-order valence-corrected chi connectivity index (χ4v) is 1.37. The highest BCUT2D eigenvalue weighted by Gasteiger charge is 1.96. The molecule has 0 aromatic carbocycles. The number of nitrogen functional groups attached to an aromatic ring is 1. The Balaban J connectivity index is 1.91. The van der Waals surface area contributed by atoms with E-state index in [-0.39, 0.29) is 0 Å². The normalized spacial score (nSPS) is 10.7. The third kappa shape index (κ3) is 8.03. The number of nitrogens with two attached hydrogens (primary N) is 1. The molecule has 1 rings (SSSR count). The number of nitrogens with one attached hydrogen (secondary N) is 1. The molecule has 3 N–H and O–H groups in total. The largest absolute Gasteiger partial charge is 0.382 e. The van der Waals surface area contributed by atoms with Crippen LogP contribution in [0.4, 0.5) is 5.82 Å². The summed E-state index contributed by atoms with van der Waals surface area (Å²) in [5.74, 6) is 5.86. The second kappa shape index (κ2) is 11.6. The predicted molar refractivity (Wildman–Crippen MR) is 75.2 cm³/mol. The summed E-state index contributed by atoms with van der Waals surface area (Å²) in [4.78, 5) is 4.09. The zero-order valence-electron chi connectivity index (χ0n) is 11.8. The van der Waals surface area contributed by atoms with Crippen LogP contribution in [0.1, 0.15) is 5.56 Å². The van der Waals surface area contributed by atoms with Gasteiger partial charge in [0.05, 0.1) is 46.2 Å². The molecule has 0 amide bonds. The van der Waals surface area contributed by atoms with Gasteiger partial charge in [-0.25, -0.2) is 10.8 Å². The van der Waals surface area contributed by atoms with Gasteiger partial charge in [0, 0.05) is 13.3 Å². The molecule has 0 atom stereocenters. The molecule has 0 bridgehead atoms. The molecule has 1 heterocycles. The van der Waals surface area contributed by atoms with Crippen LogP contribution in [0.2, 0.25) is 0 Å². The number of pyridine rings is 1. The van der Waals surface area contributed by atoms with Crippen LogP contribution < -0.4 is 11.3 Å². The number of aromatic nitrogens is 1. The topological polar surface area (TPSA) is 87.9 Å². The lowest BCUT2D eigenvalue weighted by atomic mass is 10.3. The fourth-order valence-electron chi connectivity index (χ4n) is 1.37. The zero-order chi connectivity index (χ0) is 14.5. The van der Waals surface area contributed by atoms with Gasteiger partial charge in [-0.15, -0.1) is 0 Å². The van der Waals surface area contributed by atoms with Crippen molar-refractivity contribution >= 4 is 5.82 Å². The monoisotopic (exact) mass is 285 g/mol. The number of hydrogen-bond acceptors (Lipinski definition) is 7. The molecule has 7 heteroatoms. The van der Waals surface area contributed by atoms with Gasteiger partial charge in [0.1, 0.15) is 5.82 Å². The zero-order valence-corrected chi connectivity index (χ0v) is 11.8. The third-order valence-electron chi connectivity index (χ3n) is 2.42. The average molecular weight is 285 g/mol. The summed E-state index contributed by atoms with van der Waals surface area (Å²) in [5, 5.41) is 0. The minimum atomic E-state index is 0.506. The van der Waals surface area contributed by atoms with Gasteiger partial charge in [-0.05, 0) is 11.6 Å². The fraction of sp³-hybridized carbons (Fsp3) is 0.615. The van der Waals surface area contributed by atoms with Crippen molar-refractivity contribution in [2.45, 2.75) is 6.61 Å². The summed E-state index contributed by atoms with van der Waals surface area (Å²) in [5.41, 5.74) is 3.46. The Morgan fingerprint density at radius 1 is 1.00 bits per heavy atom. The summed E-state index contributed by atoms with van der Waals surface area (Å²) >= 11 is 0. The van der Waals surface area contributed by atoms with Crippen molar-refractivity contribution in [2.24, 2.45) is 5.84 Å². The van der Waals surface area contributed by atoms with Gasteiger partial charge in [-0.1, -0.05) is 6.07 Å². The lowest BCUT2D eigenvalue weighted by Gasteiger charge is -2.07. The SMILES string of the molecule is COCCOCCOCCOCc1ccc(NN)nc1. The lowest BCUT2D eigenvalue weighted by molar-refractivity contribution is 0.000841. The molecule has 0 saturated carbocycles. The standard InChI is InChI=1S/C13H23N3O4/c1-17-4-5-18-6-7-19-8-9-20-11-12-2-3-13(16-14)15-10-12/h2-3,10H,4-9,11,14H2,1H3,(H,15,16). The van der Waals surface area contributed by atoms with Crippen LogP contribution in [0.15, 0.2) is 18.3 Å². The lowest BCUT2D eigenvalue weighted by Crippen LogP contribution is -2.11.